The van der Waals surface area contributed by atoms with Crippen molar-refractivity contribution in [3.05, 3.63) is 53.6 Å². The largest absolute Gasteiger partial charge is 0.416 e. The molecule has 0 saturated heterocycles. The third-order valence-electron chi connectivity index (χ3n) is 4.56. The highest BCUT2D eigenvalue weighted by Gasteiger charge is 2.52. The number of hydrogen-bond donors (Lipinski definition) is 1. The summed E-state index contributed by atoms with van der Waals surface area (Å²) in [7, 11) is 10.4. The van der Waals surface area contributed by atoms with Crippen molar-refractivity contribution in [3.8, 4) is 5.75 Å². The van der Waals surface area contributed by atoms with E-state index in [0.29, 0.717) is 0 Å². The summed E-state index contributed by atoms with van der Waals surface area (Å²) in [5.41, 5.74) is 4.29. The highest BCUT2D eigenvalue weighted by Crippen LogP contribution is 2.64. The number of aromatic nitrogens is 3. The predicted molar refractivity (Wildman–Crippen MR) is 118 cm³/mol. The molecule has 3 aromatic rings. The lowest BCUT2D eigenvalue weighted by Gasteiger charge is -2.37. The van der Waals surface area contributed by atoms with E-state index in [-0.39, 0.29) is 0 Å². The Morgan fingerprint density at radius 2 is 1.25 bits per heavy atom. The maximum Gasteiger partial charge on any atom is 0.416 e. The molecule has 0 radical (unpaired) electrons. The van der Waals surface area contributed by atoms with Crippen molar-refractivity contribution in [1.82, 2.24) is 29.4 Å². The van der Waals surface area contributed by atoms with Gasteiger partial charge in [0.05, 0.1) is 0 Å². The smallest absolute Gasteiger partial charge is 0.291 e. The zero-order chi connectivity index (χ0) is 20.9. The molecular weight excluding hydrogens is 371 g/mol. The van der Waals surface area contributed by atoms with E-state index in [4.69, 9.17) is 4.52 Å². The number of aryl methyl sites for hydroxylation is 1. The molecule has 0 fully saturated rings. The monoisotopic (exact) mass is 403 g/mol. The molecule has 3 rings (SSSR count). The molecule has 1 heterocycles. The number of nitrogens with one attached hydrogen (secondary N) is 1. The highest BCUT2D eigenvalue weighted by molar-refractivity contribution is 7.64. The number of hydrogen-bond acceptors (Lipinski definition) is 6. The molecule has 0 aliphatic heterocycles. The number of H-pyrrole nitrogens is 1. The molecule has 1 N–H and O–H groups in total. The minimum absolute atomic E-state index is 0.914. The Kier molecular flexibility index (Phi) is 7.49. The van der Waals surface area contributed by atoms with Crippen LogP contribution in [0, 0.1) is 13.8 Å². The Labute approximate surface area is 168 Å². The van der Waals surface area contributed by atoms with Crippen LogP contribution in [-0.4, -0.2) is 71.7 Å². The molecule has 0 aliphatic carbocycles. The normalized spacial score (nSPS) is 11.8. The molecule has 0 saturated carbocycles. The predicted octanol–water partition coefficient (Wildman–Crippen LogP) is 4.00. The molecule has 152 valence electrons. The van der Waals surface area contributed by atoms with Gasteiger partial charge in [0.25, 0.3) is 0 Å². The van der Waals surface area contributed by atoms with E-state index in [1.165, 1.54) is 11.1 Å². The number of para-hydroxylation sites is 2. The summed E-state index contributed by atoms with van der Waals surface area (Å²) >= 11 is 0. The van der Waals surface area contributed by atoms with Crippen LogP contribution >= 0.6 is 7.94 Å². The fourth-order valence-corrected chi connectivity index (χ4v) is 6.16. The van der Waals surface area contributed by atoms with E-state index >= 15 is 0 Å². The lowest BCUT2D eigenvalue weighted by molar-refractivity contribution is 0.350. The van der Waals surface area contributed by atoms with Crippen LogP contribution < -0.4 is 4.52 Å². The van der Waals surface area contributed by atoms with E-state index in [9.17, 15) is 0 Å². The van der Waals surface area contributed by atoms with Crippen molar-refractivity contribution in [1.29, 1.82) is 0 Å². The van der Waals surface area contributed by atoms with E-state index in [2.05, 4.69) is 91.6 Å². The molecule has 28 heavy (non-hydrogen) atoms. The lowest BCUT2D eigenvalue weighted by Crippen LogP contribution is -2.39. The number of fused-ring (bicyclic) bond motifs is 1. The highest BCUT2D eigenvalue weighted by atomic mass is 31.2. The van der Waals surface area contributed by atoms with Crippen LogP contribution in [0.25, 0.3) is 11.0 Å². The first-order chi connectivity index (χ1) is 13.2. The van der Waals surface area contributed by atoms with Crippen LogP contribution in [0.1, 0.15) is 11.1 Å². The minimum Gasteiger partial charge on any atom is -0.291 e. The Morgan fingerprint density at radius 1 is 0.750 bits per heavy atom. The number of aromatic amines is 1. The van der Waals surface area contributed by atoms with Gasteiger partial charge < -0.3 is 0 Å². The van der Waals surface area contributed by atoms with Crippen molar-refractivity contribution in [2.45, 2.75) is 13.8 Å². The van der Waals surface area contributed by atoms with Gasteiger partial charge in [0.15, 0.2) is 5.75 Å². The van der Waals surface area contributed by atoms with Crippen molar-refractivity contribution >= 4 is 19.0 Å². The topological polar surface area (TPSA) is 60.5 Å². The molecule has 1 aromatic heterocycles. The second-order valence-corrected chi connectivity index (χ2v) is 10.8. The van der Waals surface area contributed by atoms with E-state index in [0.717, 1.165) is 16.8 Å². The summed E-state index contributed by atoms with van der Waals surface area (Å²) in [5, 5.41) is 10.3. The molecule has 0 unspecified atom stereocenters. The zero-order valence-corrected chi connectivity index (χ0v) is 19.0. The molecular formula is C20H32N6OP+. The Balaban J connectivity index is 0.000000255. The van der Waals surface area contributed by atoms with Gasteiger partial charge in [0.2, 0.25) is 0 Å². The maximum atomic E-state index is 6.49. The average molecular weight is 403 g/mol. The fraction of sp³-hybridized carbons (Fsp3) is 0.400. The van der Waals surface area contributed by atoms with Gasteiger partial charge in [-0.1, -0.05) is 24.3 Å². The molecule has 2 aromatic carbocycles. The summed E-state index contributed by atoms with van der Waals surface area (Å²) in [6, 6.07) is 13.9. The van der Waals surface area contributed by atoms with Gasteiger partial charge in [-0.25, -0.2) is 0 Å². The van der Waals surface area contributed by atoms with Crippen LogP contribution in [-0.2, 0) is 0 Å². The SMILES string of the molecule is Cc1cccc(O[P+](N(C)C)(N(C)C)N(C)C)c1C.c1ccc2n[nH]nc2c1. The first-order valence-corrected chi connectivity index (χ1v) is 10.7. The molecule has 8 heteroatoms. The van der Waals surface area contributed by atoms with Crippen LogP contribution in [0.5, 0.6) is 5.75 Å². The summed E-state index contributed by atoms with van der Waals surface area (Å²) in [6.07, 6.45) is 0. The van der Waals surface area contributed by atoms with E-state index in [1.807, 2.05) is 36.4 Å². The van der Waals surface area contributed by atoms with Gasteiger partial charge >= 0.3 is 7.94 Å². The molecule has 0 bridgehead atoms. The van der Waals surface area contributed by atoms with Crippen molar-refractivity contribution in [3.63, 3.8) is 0 Å². The standard InChI is InChI=1S/C14H27N3OP.C6H5N3/c1-12-10-9-11-14(13(12)2)18-19(15(3)4,16(5)6)17(7)8;1-2-4-6-5(3-1)7-9-8-6/h9-11H,1-8H3;1-4H,(H,7,8,9)/q+1;. The third-order valence-corrected chi connectivity index (χ3v) is 8.13. The average Bonchev–Trinajstić information content (AvgIpc) is 3.11. The van der Waals surface area contributed by atoms with Gasteiger partial charge in [0.1, 0.15) is 11.0 Å². The summed E-state index contributed by atoms with van der Waals surface area (Å²) in [4.78, 5) is 0. The molecule has 0 aliphatic rings. The first-order valence-electron chi connectivity index (χ1n) is 9.14. The lowest BCUT2D eigenvalue weighted by atomic mass is 10.1. The number of benzene rings is 2. The minimum atomic E-state index is -1.98. The Morgan fingerprint density at radius 3 is 1.71 bits per heavy atom. The van der Waals surface area contributed by atoms with Crippen LogP contribution in [0.4, 0.5) is 0 Å². The Hall–Kier alpha value is -2.05. The summed E-state index contributed by atoms with van der Waals surface area (Å²) < 4.78 is 13.0. The van der Waals surface area contributed by atoms with Gasteiger partial charge in [-0.05, 0) is 43.2 Å². The summed E-state index contributed by atoms with van der Waals surface area (Å²) in [6.45, 7) is 4.23. The number of nitrogens with zero attached hydrogens (tertiary/aromatic N) is 5. The molecule has 0 atom stereocenters. The van der Waals surface area contributed by atoms with Gasteiger partial charge in [-0.2, -0.15) is 15.4 Å². The Bertz CT molecular complexity index is 841. The van der Waals surface area contributed by atoms with Crippen LogP contribution in [0.2, 0.25) is 0 Å². The quantitative estimate of drug-likeness (QED) is 0.650. The number of rotatable bonds is 5. The maximum absolute atomic E-state index is 6.49. The third kappa shape index (κ3) is 4.67. The van der Waals surface area contributed by atoms with Gasteiger partial charge in [-0.15, -0.1) is 14.0 Å². The first kappa shape index (κ1) is 22.2. The summed E-state index contributed by atoms with van der Waals surface area (Å²) in [5.74, 6) is 0.962. The van der Waals surface area contributed by atoms with Crippen molar-refractivity contribution in [2.24, 2.45) is 0 Å². The zero-order valence-electron chi connectivity index (χ0n) is 18.1. The van der Waals surface area contributed by atoms with E-state index < -0.39 is 7.94 Å². The second kappa shape index (κ2) is 9.43. The van der Waals surface area contributed by atoms with Crippen LogP contribution in [0.15, 0.2) is 42.5 Å². The van der Waals surface area contributed by atoms with E-state index in [1.54, 1.807) is 0 Å². The molecule has 7 nitrogen and oxygen atoms in total. The fourth-order valence-electron chi connectivity index (χ4n) is 3.06. The van der Waals surface area contributed by atoms with Gasteiger partial charge in [-0.3, -0.25) is 4.52 Å². The molecule has 0 amide bonds. The van der Waals surface area contributed by atoms with Crippen molar-refractivity contribution < 1.29 is 4.52 Å². The van der Waals surface area contributed by atoms with Crippen molar-refractivity contribution in [2.75, 3.05) is 42.3 Å². The molecule has 0 spiro atoms. The van der Waals surface area contributed by atoms with Crippen LogP contribution in [0.3, 0.4) is 0 Å². The van der Waals surface area contributed by atoms with Gasteiger partial charge in [0, 0.05) is 42.3 Å². The second-order valence-electron chi connectivity index (χ2n) is 7.16.